The second-order valence-corrected chi connectivity index (χ2v) is 3.61. The van der Waals surface area contributed by atoms with E-state index < -0.39 is 6.10 Å². The number of benzene rings is 1. The quantitative estimate of drug-likeness (QED) is 0.889. The van der Waals surface area contributed by atoms with Crippen LogP contribution in [-0.2, 0) is 9.53 Å². The number of carbonyl (C=O) groups is 1. The zero-order valence-corrected chi connectivity index (χ0v) is 9.91. The van der Waals surface area contributed by atoms with E-state index in [1.165, 1.54) is 19.5 Å². The van der Waals surface area contributed by atoms with E-state index in [0.717, 1.165) is 5.56 Å². The molecule has 1 amide bonds. The lowest BCUT2D eigenvalue weighted by Gasteiger charge is -2.14. The number of hydrogen-bond acceptors (Lipinski definition) is 4. The minimum Gasteiger partial charge on any atom is -0.367 e. The lowest BCUT2D eigenvalue weighted by molar-refractivity contribution is -0.126. The molecule has 0 fully saturated rings. The van der Waals surface area contributed by atoms with Crippen LogP contribution in [0.15, 0.2) is 48.9 Å². The minimum absolute atomic E-state index is 0.274. The van der Waals surface area contributed by atoms with Crippen molar-refractivity contribution in [1.82, 2.24) is 9.97 Å². The molecule has 1 aromatic heterocycles. The van der Waals surface area contributed by atoms with Crippen molar-refractivity contribution in [3.63, 3.8) is 0 Å². The summed E-state index contributed by atoms with van der Waals surface area (Å²) in [6.45, 7) is 0. The third kappa shape index (κ3) is 2.89. The predicted octanol–water partition coefficient (Wildman–Crippen LogP) is 1.80. The Balaban J connectivity index is 2.12. The monoisotopic (exact) mass is 243 g/mol. The summed E-state index contributed by atoms with van der Waals surface area (Å²) in [5.74, 6) is 0.129. The molecule has 0 radical (unpaired) electrons. The highest BCUT2D eigenvalue weighted by Gasteiger charge is 2.20. The van der Waals surface area contributed by atoms with Crippen LogP contribution in [0.1, 0.15) is 11.7 Å². The van der Waals surface area contributed by atoms with Gasteiger partial charge in [0.25, 0.3) is 5.91 Å². The van der Waals surface area contributed by atoms with E-state index in [1.54, 1.807) is 6.20 Å². The first-order valence-corrected chi connectivity index (χ1v) is 5.46. The fourth-order valence-electron chi connectivity index (χ4n) is 1.58. The van der Waals surface area contributed by atoms with E-state index in [-0.39, 0.29) is 5.91 Å². The first-order valence-electron chi connectivity index (χ1n) is 5.46. The average molecular weight is 243 g/mol. The van der Waals surface area contributed by atoms with Gasteiger partial charge in [0, 0.05) is 19.5 Å². The highest BCUT2D eigenvalue weighted by molar-refractivity contribution is 5.93. The molecule has 1 atom stereocenters. The summed E-state index contributed by atoms with van der Waals surface area (Å²) in [6.07, 6.45) is 3.88. The van der Waals surface area contributed by atoms with E-state index in [9.17, 15) is 4.79 Å². The molecule has 0 bridgehead atoms. The maximum atomic E-state index is 12.0. The van der Waals surface area contributed by atoms with Gasteiger partial charge in [-0.3, -0.25) is 9.78 Å². The summed E-state index contributed by atoms with van der Waals surface area (Å²) in [7, 11) is 1.49. The van der Waals surface area contributed by atoms with E-state index in [0.29, 0.717) is 5.82 Å². The molecule has 1 heterocycles. The van der Waals surface area contributed by atoms with Crippen molar-refractivity contribution >= 4 is 11.7 Å². The number of methoxy groups -OCH3 is 1. The van der Waals surface area contributed by atoms with Crippen LogP contribution in [0, 0.1) is 0 Å². The summed E-state index contributed by atoms with van der Waals surface area (Å²) < 4.78 is 5.21. The third-order valence-electron chi connectivity index (χ3n) is 2.39. The number of hydrogen-bond donors (Lipinski definition) is 1. The molecule has 0 aliphatic carbocycles. The SMILES string of the molecule is COC(C(=O)Nc1cnccn1)c1ccccc1. The minimum atomic E-state index is -0.659. The molecule has 1 unspecified atom stereocenters. The molecule has 0 aliphatic heterocycles. The summed E-state index contributed by atoms with van der Waals surface area (Å²) in [5.41, 5.74) is 0.793. The van der Waals surface area contributed by atoms with Crippen molar-refractivity contribution < 1.29 is 9.53 Å². The average Bonchev–Trinajstić information content (AvgIpc) is 2.42. The fourth-order valence-corrected chi connectivity index (χ4v) is 1.58. The number of rotatable bonds is 4. The van der Waals surface area contributed by atoms with Crippen LogP contribution >= 0.6 is 0 Å². The Kier molecular flexibility index (Phi) is 3.98. The first-order chi connectivity index (χ1) is 8.81. The van der Waals surface area contributed by atoms with E-state index in [1.807, 2.05) is 30.3 Å². The lowest BCUT2D eigenvalue weighted by atomic mass is 10.1. The molecule has 2 rings (SSSR count). The van der Waals surface area contributed by atoms with Crippen molar-refractivity contribution in [1.29, 1.82) is 0 Å². The molecule has 5 nitrogen and oxygen atoms in total. The molecule has 0 saturated heterocycles. The Morgan fingerprint density at radius 2 is 2.06 bits per heavy atom. The number of anilines is 1. The second kappa shape index (κ2) is 5.88. The van der Waals surface area contributed by atoms with E-state index >= 15 is 0 Å². The highest BCUT2D eigenvalue weighted by Crippen LogP contribution is 2.17. The summed E-state index contributed by atoms with van der Waals surface area (Å²) >= 11 is 0. The van der Waals surface area contributed by atoms with Crippen LogP contribution in [0.5, 0.6) is 0 Å². The smallest absolute Gasteiger partial charge is 0.259 e. The molecule has 0 aliphatic rings. The summed E-state index contributed by atoms with van der Waals surface area (Å²) in [4.78, 5) is 19.9. The number of nitrogens with zero attached hydrogens (tertiary/aromatic N) is 2. The Morgan fingerprint density at radius 3 is 2.67 bits per heavy atom. The van der Waals surface area contributed by atoms with Crippen molar-refractivity contribution in [3.8, 4) is 0 Å². The third-order valence-corrected chi connectivity index (χ3v) is 2.39. The maximum Gasteiger partial charge on any atom is 0.259 e. The zero-order chi connectivity index (χ0) is 12.8. The topological polar surface area (TPSA) is 64.1 Å². The molecule has 0 spiro atoms. The van der Waals surface area contributed by atoms with Crippen molar-refractivity contribution in [2.24, 2.45) is 0 Å². The molecule has 1 aromatic carbocycles. The number of ether oxygens (including phenoxy) is 1. The summed E-state index contributed by atoms with van der Waals surface area (Å²) in [6, 6.07) is 9.28. The molecule has 92 valence electrons. The van der Waals surface area contributed by atoms with Gasteiger partial charge in [0.2, 0.25) is 0 Å². The van der Waals surface area contributed by atoms with Crippen LogP contribution in [0.25, 0.3) is 0 Å². The molecule has 0 saturated carbocycles. The van der Waals surface area contributed by atoms with Crippen LogP contribution in [0.3, 0.4) is 0 Å². The lowest BCUT2D eigenvalue weighted by Crippen LogP contribution is -2.23. The van der Waals surface area contributed by atoms with Gasteiger partial charge >= 0.3 is 0 Å². The van der Waals surface area contributed by atoms with Gasteiger partial charge in [-0.25, -0.2) is 4.98 Å². The van der Waals surface area contributed by atoms with Crippen LogP contribution in [0.4, 0.5) is 5.82 Å². The second-order valence-electron chi connectivity index (χ2n) is 3.61. The van der Waals surface area contributed by atoms with Gasteiger partial charge in [-0.15, -0.1) is 0 Å². The molecule has 2 aromatic rings. The van der Waals surface area contributed by atoms with Gasteiger partial charge in [0.05, 0.1) is 6.20 Å². The van der Waals surface area contributed by atoms with Crippen LogP contribution < -0.4 is 5.32 Å². The molecule has 5 heteroatoms. The Hall–Kier alpha value is -2.27. The highest BCUT2D eigenvalue weighted by atomic mass is 16.5. The predicted molar refractivity (Wildman–Crippen MR) is 66.9 cm³/mol. The first kappa shape index (κ1) is 12.2. The van der Waals surface area contributed by atoms with Crippen LogP contribution in [-0.4, -0.2) is 23.0 Å². The molecular formula is C13H13N3O2. The van der Waals surface area contributed by atoms with Gasteiger partial charge < -0.3 is 10.1 Å². The number of amides is 1. The zero-order valence-electron chi connectivity index (χ0n) is 9.91. The number of carbonyl (C=O) groups excluding carboxylic acids is 1. The number of aromatic nitrogens is 2. The standard InChI is InChI=1S/C13H13N3O2/c1-18-12(10-5-3-2-4-6-10)13(17)16-11-9-14-7-8-15-11/h2-9,12H,1H3,(H,15,16,17). The Bertz CT molecular complexity index is 502. The molecular weight excluding hydrogens is 230 g/mol. The summed E-state index contributed by atoms with van der Waals surface area (Å²) in [5, 5.41) is 2.65. The fraction of sp³-hybridized carbons (Fsp3) is 0.154. The Labute approximate surface area is 105 Å². The van der Waals surface area contributed by atoms with Crippen molar-refractivity contribution in [3.05, 3.63) is 54.5 Å². The normalized spacial score (nSPS) is 11.8. The van der Waals surface area contributed by atoms with Crippen molar-refractivity contribution in [2.75, 3.05) is 12.4 Å². The van der Waals surface area contributed by atoms with Gasteiger partial charge in [0.15, 0.2) is 11.9 Å². The molecule has 1 N–H and O–H groups in total. The van der Waals surface area contributed by atoms with Gasteiger partial charge in [-0.05, 0) is 5.56 Å². The van der Waals surface area contributed by atoms with E-state index in [4.69, 9.17) is 4.74 Å². The van der Waals surface area contributed by atoms with Crippen LogP contribution in [0.2, 0.25) is 0 Å². The largest absolute Gasteiger partial charge is 0.367 e. The number of nitrogens with one attached hydrogen (secondary N) is 1. The maximum absolute atomic E-state index is 12.0. The molecule has 18 heavy (non-hydrogen) atoms. The van der Waals surface area contributed by atoms with Gasteiger partial charge in [0.1, 0.15) is 0 Å². The van der Waals surface area contributed by atoms with E-state index in [2.05, 4.69) is 15.3 Å². The van der Waals surface area contributed by atoms with Gasteiger partial charge in [-0.1, -0.05) is 30.3 Å². The van der Waals surface area contributed by atoms with Gasteiger partial charge in [-0.2, -0.15) is 0 Å². The van der Waals surface area contributed by atoms with Crippen molar-refractivity contribution in [2.45, 2.75) is 6.10 Å². The Morgan fingerprint density at radius 1 is 1.28 bits per heavy atom.